The Bertz CT molecular complexity index is 518. The van der Waals surface area contributed by atoms with Gasteiger partial charge in [-0.2, -0.15) is 0 Å². The first kappa shape index (κ1) is 11.4. The highest BCUT2D eigenvalue weighted by Crippen LogP contribution is 2.39. The SMILES string of the molecule is NC(c1cccnc1)c1ccccc1C1CCC1. The third kappa shape index (κ3) is 2.04. The van der Waals surface area contributed by atoms with Crippen LogP contribution < -0.4 is 5.73 Å². The highest BCUT2D eigenvalue weighted by Gasteiger charge is 2.24. The van der Waals surface area contributed by atoms with Crippen molar-refractivity contribution in [1.29, 1.82) is 0 Å². The van der Waals surface area contributed by atoms with Gasteiger partial charge < -0.3 is 5.73 Å². The molecule has 2 nitrogen and oxygen atoms in total. The smallest absolute Gasteiger partial charge is 0.0569 e. The quantitative estimate of drug-likeness (QED) is 0.890. The van der Waals surface area contributed by atoms with Gasteiger partial charge in [0.2, 0.25) is 0 Å². The summed E-state index contributed by atoms with van der Waals surface area (Å²) in [5, 5.41) is 0. The minimum atomic E-state index is -0.0597. The highest BCUT2D eigenvalue weighted by atomic mass is 14.7. The predicted molar refractivity (Wildman–Crippen MR) is 73.3 cm³/mol. The summed E-state index contributed by atoms with van der Waals surface area (Å²) >= 11 is 0. The molecule has 3 rings (SSSR count). The zero-order valence-corrected chi connectivity index (χ0v) is 10.4. The topological polar surface area (TPSA) is 38.9 Å². The van der Waals surface area contributed by atoms with Crippen molar-refractivity contribution in [2.75, 3.05) is 0 Å². The summed E-state index contributed by atoms with van der Waals surface area (Å²) in [5.74, 6) is 0.712. The Morgan fingerprint density at radius 1 is 1.11 bits per heavy atom. The first-order valence-corrected chi connectivity index (χ1v) is 6.60. The second kappa shape index (κ2) is 4.91. The Hall–Kier alpha value is -1.67. The van der Waals surface area contributed by atoms with Crippen LogP contribution in [-0.2, 0) is 0 Å². The molecule has 0 bridgehead atoms. The van der Waals surface area contributed by atoms with Crippen LogP contribution in [0.5, 0.6) is 0 Å². The molecule has 0 saturated heterocycles. The molecule has 0 aliphatic heterocycles. The van der Waals surface area contributed by atoms with Crippen molar-refractivity contribution in [3.05, 3.63) is 65.5 Å². The van der Waals surface area contributed by atoms with Crippen LogP contribution in [0, 0.1) is 0 Å². The number of hydrogen-bond acceptors (Lipinski definition) is 2. The summed E-state index contributed by atoms with van der Waals surface area (Å²) in [6.45, 7) is 0. The summed E-state index contributed by atoms with van der Waals surface area (Å²) < 4.78 is 0. The van der Waals surface area contributed by atoms with Crippen molar-refractivity contribution in [2.24, 2.45) is 5.73 Å². The van der Waals surface area contributed by atoms with E-state index in [9.17, 15) is 0 Å². The lowest BCUT2D eigenvalue weighted by molar-refractivity contribution is 0.416. The second-order valence-electron chi connectivity index (χ2n) is 5.02. The van der Waals surface area contributed by atoms with E-state index in [0.29, 0.717) is 5.92 Å². The lowest BCUT2D eigenvalue weighted by Crippen LogP contribution is -2.18. The maximum Gasteiger partial charge on any atom is 0.0569 e. The van der Waals surface area contributed by atoms with Crippen LogP contribution in [0.15, 0.2) is 48.8 Å². The van der Waals surface area contributed by atoms with E-state index in [0.717, 1.165) is 5.56 Å². The Morgan fingerprint density at radius 2 is 1.94 bits per heavy atom. The van der Waals surface area contributed by atoms with E-state index < -0.39 is 0 Å². The fourth-order valence-corrected chi connectivity index (χ4v) is 2.62. The van der Waals surface area contributed by atoms with E-state index >= 15 is 0 Å². The molecule has 1 aliphatic carbocycles. The van der Waals surface area contributed by atoms with Gasteiger partial charge in [-0.15, -0.1) is 0 Å². The van der Waals surface area contributed by atoms with E-state index in [1.54, 1.807) is 6.20 Å². The predicted octanol–water partition coefficient (Wildman–Crippen LogP) is 3.40. The summed E-state index contributed by atoms with van der Waals surface area (Å²) in [6.07, 6.45) is 7.60. The van der Waals surface area contributed by atoms with Crippen LogP contribution in [0.1, 0.15) is 47.9 Å². The molecular weight excluding hydrogens is 220 g/mol. The molecule has 2 heteroatoms. The van der Waals surface area contributed by atoms with Gasteiger partial charge in [0.25, 0.3) is 0 Å². The number of pyridine rings is 1. The minimum Gasteiger partial charge on any atom is -0.320 e. The van der Waals surface area contributed by atoms with Crippen molar-refractivity contribution in [3.8, 4) is 0 Å². The summed E-state index contributed by atoms with van der Waals surface area (Å²) in [6, 6.07) is 12.5. The van der Waals surface area contributed by atoms with Gasteiger partial charge in [0.1, 0.15) is 0 Å². The maximum atomic E-state index is 6.39. The van der Waals surface area contributed by atoms with Gasteiger partial charge in [-0.3, -0.25) is 4.98 Å². The Kier molecular flexibility index (Phi) is 3.11. The monoisotopic (exact) mass is 238 g/mol. The molecule has 1 atom stereocenters. The lowest BCUT2D eigenvalue weighted by atomic mass is 9.77. The number of nitrogens with two attached hydrogens (primary N) is 1. The van der Waals surface area contributed by atoms with E-state index in [2.05, 4.69) is 35.3 Å². The molecule has 92 valence electrons. The Balaban J connectivity index is 1.96. The van der Waals surface area contributed by atoms with Crippen molar-refractivity contribution in [1.82, 2.24) is 4.98 Å². The normalized spacial score (nSPS) is 17.2. The van der Waals surface area contributed by atoms with Crippen LogP contribution >= 0.6 is 0 Å². The van der Waals surface area contributed by atoms with E-state index in [1.807, 2.05) is 12.3 Å². The number of benzene rings is 1. The van der Waals surface area contributed by atoms with Crippen LogP contribution in [0.3, 0.4) is 0 Å². The van der Waals surface area contributed by atoms with Gasteiger partial charge in [0, 0.05) is 12.4 Å². The molecule has 1 aromatic heterocycles. The van der Waals surface area contributed by atoms with Crippen molar-refractivity contribution in [3.63, 3.8) is 0 Å². The molecule has 1 aromatic carbocycles. The van der Waals surface area contributed by atoms with Gasteiger partial charge in [-0.05, 0) is 41.5 Å². The molecule has 1 unspecified atom stereocenters. The number of rotatable bonds is 3. The van der Waals surface area contributed by atoms with Crippen molar-refractivity contribution < 1.29 is 0 Å². The molecule has 1 fully saturated rings. The first-order chi connectivity index (χ1) is 8.86. The third-order valence-electron chi connectivity index (χ3n) is 3.92. The first-order valence-electron chi connectivity index (χ1n) is 6.60. The van der Waals surface area contributed by atoms with Crippen molar-refractivity contribution >= 4 is 0 Å². The molecule has 2 N–H and O–H groups in total. The van der Waals surface area contributed by atoms with Gasteiger partial charge in [-0.25, -0.2) is 0 Å². The molecule has 1 heterocycles. The van der Waals surface area contributed by atoms with E-state index in [4.69, 9.17) is 5.73 Å². The second-order valence-corrected chi connectivity index (χ2v) is 5.02. The standard InChI is InChI=1S/C16H18N2/c17-16(13-7-4-10-18-11-13)15-9-2-1-8-14(15)12-5-3-6-12/h1-2,4,7-12,16H,3,5-6,17H2. The molecule has 1 saturated carbocycles. The van der Waals surface area contributed by atoms with E-state index in [-0.39, 0.29) is 6.04 Å². The Labute approximate surface area is 108 Å². The average Bonchev–Trinajstić information content (AvgIpc) is 2.38. The van der Waals surface area contributed by atoms with Gasteiger partial charge in [-0.1, -0.05) is 36.8 Å². The van der Waals surface area contributed by atoms with Crippen LogP contribution in [0.4, 0.5) is 0 Å². The fourth-order valence-electron chi connectivity index (χ4n) is 2.62. The minimum absolute atomic E-state index is 0.0597. The van der Waals surface area contributed by atoms with Gasteiger partial charge >= 0.3 is 0 Å². The van der Waals surface area contributed by atoms with E-state index in [1.165, 1.54) is 30.4 Å². The zero-order valence-electron chi connectivity index (χ0n) is 10.4. The molecule has 0 radical (unpaired) electrons. The molecule has 0 spiro atoms. The zero-order chi connectivity index (χ0) is 12.4. The van der Waals surface area contributed by atoms with Crippen LogP contribution in [-0.4, -0.2) is 4.98 Å². The fraction of sp³-hybridized carbons (Fsp3) is 0.312. The van der Waals surface area contributed by atoms with Crippen LogP contribution in [0.2, 0.25) is 0 Å². The summed E-state index contributed by atoms with van der Waals surface area (Å²) in [4.78, 5) is 4.16. The van der Waals surface area contributed by atoms with Gasteiger partial charge in [0.15, 0.2) is 0 Å². The number of nitrogens with zero attached hydrogens (tertiary/aromatic N) is 1. The van der Waals surface area contributed by atoms with Crippen molar-refractivity contribution in [2.45, 2.75) is 31.2 Å². The lowest BCUT2D eigenvalue weighted by Gasteiger charge is -2.29. The number of hydrogen-bond donors (Lipinski definition) is 1. The largest absolute Gasteiger partial charge is 0.320 e. The highest BCUT2D eigenvalue weighted by molar-refractivity contribution is 5.38. The summed E-state index contributed by atoms with van der Waals surface area (Å²) in [5.41, 5.74) is 10.2. The summed E-state index contributed by atoms with van der Waals surface area (Å²) in [7, 11) is 0. The van der Waals surface area contributed by atoms with Gasteiger partial charge in [0.05, 0.1) is 6.04 Å². The molecule has 1 aliphatic rings. The maximum absolute atomic E-state index is 6.39. The van der Waals surface area contributed by atoms with Crippen LogP contribution in [0.25, 0.3) is 0 Å². The molecule has 0 amide bonds. The number of aromatic nitrogens is 1. The molecule has 18 heavy (non-hydrogen) atoms. The molecule has 2 aromatic rings. The molecular formula is C16H18N2. The third-order valence-corrected chi connectivity index (χ3v) is 3.92. The average molecular weight is 238 g/mol. The Morgan fingerprint density at radius 3 is 2.61 bits per heavy atom.